The lowest BCUT2D eigenvalue weighted by atomic mass is 9.96. The van der Waals surface area contributed by atoms with Crippen LogP contribution in [0.2, 0.25) is 0 Å². The van der Waals surface area contributed by atoms with Crippen LogP contribution in [0.5, 0.6) is 0 Å². The van der Waals surface area contributed by atoms with Crippen LogP contribution < -0.4 is 5.32 Å². The van der Waals surface area contributed by atoms with Crippen molar-refractivity contribution < 1.29 is 0 Å². The van der Waals surface area contributed by atoms with Gasteiger partial charge in [-0.25, -0.2) is 0 Å². The second-order valence-electron chi connectivity index (χ2n) is 5.06. The highest BCUT2D eigenvalue weighted by Gasteiger charge is 2.19. The van der Waals surface area contributed by atoms with Crippen molar-refractivity contribution in [3.05, 3.63) is 29.8 Å². The van der Waals surface area contributed by atoms with Gasteiger partial charge in [0.25, 0.3) is 0 Å². The number of benzene rings is 1. The summed E-state index contributed by atoms with van der Waals surface area (Å²) in [6, 6.07) is 10.5. The molecule has 1 aromatic carbocycles. The van der Waals surface area contributed by atoms with Crippen LogP contribution in [-0.4, -0.2) is 6.04 Å². The zero-order valence-electron chi connectivity index (χ0n) is 10.4. The smallest absolute Gasteiger partial charge is 0.0992 e. The summed E-state index contributed by atoms with van der Waals surface area (Å²) in [6.07, 6.45) is 6.60. The van der Waals surface area contributed by atoms with E-state index in [-0.39, 0.29) is 0 Å². The van der Waals surface area contributed by atoms with Crippen LogP contribution in [0.3, 0.4) is 0 Å². The molecular formula is C15H20N2. The molecule has 17 heavy (non-hydrogen) atoms. The first-order chi connectivity index (χ1) is 8.29. The lowest BCUT2D eigenvalue weighted by Crippen LogP contribution is -2.26. The summed E-state index contributed by atoms with van der Waals surface area (Å²) in [7, 11) is 0. The van der Waals surface area contributed by atoms with Gasteiger partial charge in [0.2, 0.25) is 0 Å². The molecule has 2 heteroatoms. The predicted molar refractivity (Wildman–Crippen MR) is 70.8 cm³/mol. The van der Waals surface area contributed by atoms with Gasteiger partial charge in [0.15, 0.2) is 0 Å². The maximum atomic E-state index is 8.89. The number of hydrogen-bond acceptors (Lipinski definition) is 2. The number of nitrogens with one attached hydrogen (secondary N) is 1. The van der Waals surface area contributed by atoms with Gasteiger partial charge in [-0.05, 0) is 37.0 Å². The fourth-order valence-corrected chi connectivity index (χ4v) is 2.60. The third-order valence-corrected chi connectivity index (χ3v) is 3.71. The lowest BCUT2D eigenvalue weighted by molar-refractivity contribution is 0.457. The highest BCUT2D eigenvalue weighted by molar-refractivity contribution is 5.49. The molecule has 1 aliphatic carbocycles. The molecule has 2 rings (SSSR count). The first-order valence-electron chi connectivity index (χ1n) is 6.56. The Morgan fingerprint density at radius 3 is 2.88 bits per heavy atom. The van der Waals surface area contributed by atoms with Crippen molar-refractivity contribution in [2.24, 2.45) is 5.92 Å². The van der Waals surface area contributed by atoms with Gasteiger partial charge in [-0.1, -0.05) is 32.3 Å². The molecule has 0 aliphatic heterocycles. The van der Waals surface area contributed by atoms with E-state index in [9.17, 15) is 0 Å². The van der Waals surface area contributed by atoms with Crippen LogP contribution >= 0.6 is 0 Å². The number of anilines is 1. The zero-order valence-corrected chi connectivity index (χ0v) is 10.4. The maximum absolute atomic E-state index is 8.89. The average molecular weight is 228 g/mol. The lowest BCUT2D eigenvalue weighted by Gasteiger charge is -2.24. The van der Waals surface area contributed by atoms with Gasteiger partial charge in [-0.15, -0.1) is 0 Å². The van der Waals surface area contributed by atoms with Gasteiger partial charge in [-0.2, -0.15) is 5.26 Å². The third kappa shape index (κ3) is 3.23. The molecule has 90 valence electrons. The minimum atomic E-state index is 0.562. The fraction of sp³-hybridized carbons (Fsp3) is 0.533. The molecular weight excluding hydrogens is 208 g/mol. The molecule has 2 atom stereocenters. The van der Waals surface area contributed by atoms with Gasteiger partial charge < -0.3 is 5.32 Å². The van der Waals surface area contributed by atoms with Crippen molar-refractivity contribution in [1.29, 1.82) is 5.26 Å². The first-order valence-corrected chi connectivity index (χ1v) is 6.56. The minimum Gasteiger partial charge on any atom is -0.382 e. The molecule has 0 radical (unpaired) electrons. The van der Waals surface area contributed by atoms with Gasteiger partial charge in [0.05, 0.1) is 11.6 Å². The minimum absolute atomic E-state index is 0.562. The van der Waals surface area contributed by atoms with E-state index in [1.165, 1.54) is 32.1 Å². The van der Waals surface area contributed by atoms with E-state index < -0.39 is 0 Å². The summed E-state index contributed by atoms with van der Waals surface area (Å²) in [5.41, 5.74) is 1.82. The van der Waals surface area contributed by atoms with Crippen LogP contribution in [0.1, 0.15) is 44.6 Å². The summed E-state index contributed by atoms with van der Waals surface area (Å²) in [4.78, 5) is 0. The third-order valence-electron chi connectivity index (χ3n) is 3.71. The summed E-state index contributed by atoms with van der Waals surface area (Å²) >= 11 is 0. The van der Waals surface area contributed by atoms with Crippen LogP contribution in [-0.2, 0) is 0 Å². The molecule has 0 aromatic heterocycles. The van der Waals surface area contributed by atoms with E-state index in [1.807, 2.05) is 18.2 Å². The molecule has 0 bridgehead atoms. The predicted octanol–water partition coefficient (Wildman–Crippen LogP) is 3.94. The fourth-order valence-electron chi connectivity index (χ4n) is 2.60. The summed E-state index contributed by atoms with van der Waals surface area (Å²) < 4.78 is 0. The summed E-state index contributed by atoms with van der Waals surface area (Å²) in [5, 5.41) is 12.5. The van der Waals surface area contributed by atoms with Gasteiger partial charge in [0.1, 0.15) is 0 Å². The topological polar surface area (TPSA) is 35.8 Å². The van der Waals surface area contributed by atoms with Crippen LogP contribution in [0.25, 0.3) is 0 Å². The van der Waals surface area contributed by atoms with Crippen molar-refractivity contribution in [3.63, 3.8) is 0 Å². The van der Waals surface area contributed by atoms with Crippen molar-refractivity contribution in [2.45, 2.75) is 45.1 Å². The van der Waals surface area contributed by atoms with Crippen molar-refractivity contribution in [3.8, 4) is 6.07 Å². The normalized spacial score (nSPS) is 24.7. The molecule has 1 saturated carbocycles. The Bertz CT molecular complexity index is 406. The van der Waals surface area contributed by atoms with Gasteiger partial charge >= 0.3 is 0 Å². The standard InChI is InChI=1S/C15H20N2/c1-12-6-3-2-4-9-15(12)17-14-8-5-7-13(10-14)11-16/h5,7-8,10,12,15,17H,2-4,6,9H2,1H3. The molecule has 1 aliphatic rings. The van der Waals surface area contributed by atoms with Crippen LogP contribution in [0.4, 0.5) is 5.69 Å². The van der Waals surface area contributed by atoms with Crippen molar-refractivity contribution in [1.82, 2.24) is 0 Å². The maximum Gasteiger partial charge on any atom is 0.0992 e. The Morgan fingerprint density at radius 1 is 1.24 bits per heavy atom. The van der Waals surface area contributed by atoms with Gasteiger partial charge in [0, 0.05) is 11.7 Å². The SMILES string of the molecule is CC1CCCCCC1Nc1cccc(C#N)c1. The molecule has 2 nitrogen and oxygen atoms in total. The second kappa shape index (κ2) is 5.72. The number of nitriles is 1. The first kappa shape index (κ1) is 12.0. The second-order valence-corrected chi connectivity index (χ2v) is 5.06. The molecule has 1 N–H and O–H groups in total. The summed E-state index contributed by atoms with van der Waals surface area (Å²) in [6.45, 7) is 2.33. The van der Waals surface area contributed by atoms with Crippen LogP contribution in [0.15, 0.2) is 24.3 Å². The highest BCUT2D eigenvalue weighted by Crippen LogP contribution is 2.26. The zero-order chi connectivity index (χ0) is 12.1. The van der Waals surface area contributed by atoms with E-state index in [0.29, 0.717) is 6.04 Å². The Hall–Kier alpha value is -1.49. The van der Waals surface area contributed by atoms with Crippen molar-refractivity contribution >= 4 is 5.69 Å². The van der Waals surface area contributed by atoms with Crippen molar-refractivity contribution in [2.75, 3.05) is 5.32 Å². The molecule has 0 spiro atoms. The molecule has 1 fully saturated rings. The average Bonchev–Trinajstić information content (AvgIpc) is 2.55. The number of hydrogen-bond donors (Lipinski definition) is 1. The van der Waals surface area contributed by atoms with Gasteiger partial charge in [-0.3, -0.25) is 0 Å². The van der Waals surface area contributed by atoms with E-state index >= 15 is 0 Å². The summed E-state index contributed by atoms with van der Waals surface area (Å²) in [5.74, 6) is 0.725. The molecule has 2 unspecified atom stereocenters. The Labute approximate surface area is 104 Å². The molecule has 1 aromatic rings. The Balaban J connectivity index is 2.05. The number of nitrogens with zero attached hydrogens (tertiary/aromatic N) is 1. The Kier molecular flexibility index (Phi) is 4.03. The van der Waals surface area contributed by atoms with E-state index in [0.717, 1.165) is 17.2 Å². The van der Waals surface area contributed by atoms with E-state index in [1.54, 1.807) is 0 Å². The van der Waals surface area contributed by atoms with E-state index in [4.69, 9.17) is 5.26 Å². The highest BCUT2D eigenvalue weighted by atomic mass is 14.9. The molecule has 0 heterocycles. The van der Waals surface area contributed by atoms with E-state index in [2.05, 4.69) is 24.4 Å². The van der Waals surface area contributed by atoms with Crippen LogP contribution in [0, 0.1) is 17.2 Å². The quantitative estimate of drug-likeness (QED) is 0.778. The Morgan fingerprint density at radius 2 is 2.06 bits per heavy atom. The molecule has 0 saturated heterocycles. The molecule has 0 amide bonds. The largest absolute Gasteiger partial charge is 0.382 e. The number of rotatable bonds is 2. The monoisotopic (exact) mass is 228 g/mol.